The number of hydrogen-bond donors (Lipinski definition) is 1. The molecule has 2 nitrogen and oxygen atoms in total. The summed E-state index contributed by atoms with van der Waals surface area (Å²) in [6.07, 6.45) is 0.683. The Hall–Kier alpha value is 0.326. The zero-order chi connectivity index (χ0) is 7.40. The zero-order valence-electron chi connectivity index (χ0n) is 5.79. The average molecular weight is 175 g/mol. The van der Waals surface area contributed by atoms with Gasteiger partial charge in [-0.2, -0.15) is 0 Å². The number of hydrogen-bond acceptors (Lipinski definition) is 1. The summed E-state index contributed by atoms with van der Waals surface area (Å²) in [5.74, 6) is 0. The second-order valence-corrected chi connectivity index (χ2v) is 2.08. The van der Waals surface area contributed by atoms with E-state index in [2.05, 4.69) is 5.32 Å². The summed E-state index contributed by atoms with van der Waals surface area (Å²) < 4.78 is 0. The first-order chi connectivity index (χ1) is 4.84. The summed E-state index contributed by atoms with van der Waals surface area (Å²) in [6.45, 7) is 1.95. The molecule has 1 aromatic carbocycles. The van der Waals surface area contributed by atoms with Gasteiger partial charge in [0, 0.05) is 5.69 Å². The first kappa shape index (κ1) is 11.3. The Bertz CT molecular complexity index is 237. The predicted octanol–water partition coefficient (Wildman–Crippen LogP) is 0.915. The second kappa shape index (κ2) is 5.91. The van der Waals surface area contributed by atoms with E-state index in [0.717, 1.165) is 11.3 Å². The number of para-hydroxylation sites is 1. The fraction of sp³-hybridized carbons (Fsp3) is 0.125. The van der Waals surface area contributed by atoms with Crippen LogP contribution in [-0.2, 0) is 4.79 Å². The van der Waals surface area contributed by atoms with Crippen molar-refractivity contribution in [3.05, 3.63) is 29.8 Å². The molecule has 0 fully saturated rings. The van der Waals surface area contributed by atoms with Gasteiger partial charge in [0.05, 0.1) is 0 Å². The van der Waals surface area contributed by atoms with E-state index in [-0.39, 0.29) is 51.4 Å². The van der Waals surface area contributed by atoms with Gasteiger partial charge in [-0.3, -0.25) is 4.79 Å². The number of carbonyl (C=O) groups is 1. The molecule has 54 valence electrons. The van der Waals surface area contributed by atoms with E-state index in [4.69, 9.17) is 0 Å². The van der Waals surface area contributed by atoms with E-state index in [1.54, 1.807) is 0 Å². The molecule has 0 spiro atoms. The fourth-order valence-corrected chi connectivity index (χ4v) is 0.798. The number of rotatable bonds is 2. The van der Waals surface area contributed by atoms with Crippen LogP contribution in [0, 0.1) is 6.92 Å². The quantitative estimate of drug-likeness (QED) is 0.525. The van der Waals surface area contributed by atoms with Crippen LogP contribution in [0.1, 0.15) is 5.56 Å². The van der Waals surface area contributed by atoms with Crippen LogP contribution in [0.4, 0.5) is 5.69 Å². The average Bonchev–Trinajstić information content (AvgIpc) is 1.94. The molecule has 1 rings (SSSR count). The van der Waals surface area contributed by atoms with Crippen LogP contribution >= 0.6 is 0 Å². The summed E-state index contributed by atoms with van der Waals surface area (Å²) in [7, 11) is 0. The monoisotopic (exact) mass is 175 g/mol. The number of benzene rings is 1. The maximum absolute atomic E-state index is 10.0. The van der Waals surface area contributed by atoms with Crippen molar-refractivity contribution in [3.63, 3.8) is 0 Å². The van der Waals surface area contributed by atoms with E-state index in [1.807, 2.05) is 31.2 Å². The van der Waals surface area contributed by atoms with E-state index in [1.165, 1.54) is 0 Å². The van der Waals surface area contributed by atoms with E-state index in [0.29, 0.717) is 6.41 Å². The summed E-state index contributed by atoms with van der Waals surface area (Å²) in [4.78, 5) is 10.0. The second-order valence-electron chi connectivity index (χ2n) is 2.08. The molecule has 1 aromatic rings. The molecular weight excluding hydrogens is 165 g/mol. The molecule has 0 aliphatic heterocycles. The fourth-order valence-electron chi connectivity index (χ4n) is 0.798. The van der Waals surface area contributed by atoms with Crippen molar-refractivity contribution < 1.29 is 4.79 Å². The summed E-state index contributed by atoms with van der Waals surface area (Å²) >= 11 is 0. The molecule has 11 heavy (non-hydrogen) atoms. The van der Waals surface area contributed by atoms with E-state index < -0.39 is 0 Å². The van der Waals surface area contributed by atoms with Gasteiger partial charge < -0.3 is 5.32 Å². The van der Waals surface area contributed by atoms with E-state index >= 15 is 0 Å². The molecule has 0 aliphatic carbocycles. The SMILES string of the molecule is Cc1ccccc1NC=O.[KH]. The molecule has 0 atom stereocenters. The van der Waals surface area contributed by atoms with Crippen LogP contribution in [0.15, 0.2) is 24.3 Å². The van der Waals surface area contributed by atoms with Crippen LogP contribution < -0.4 is 5.32 Å². The third-order valence-electron chi connectivity index (χ3n) is 1.36. The standard InChI is InChI=1S/C8H9NO.K.H/c1-7-4-2-3-5-8(7)9-6-10;;/h2-6H,1H3,(H,9,10);;. The van der Waals surface area contributed by atoms with Gasteiger partial charge in [-0.05, 0) is 18.6 Å². The van der Waals surface area contributed by atoms with Gasteiger partial charge in [-0.15, -0.1) is 0 Å². The van der Waals surface area contributed by atoms with Crippen molar-refractivity contribution in [2.24, 2.45) is 0 Å². The molecule has 3 heteroatoms. The maximum atomic E-state index is 10.0. The Kier molecular flexibility index (Phi) is 6.09. The number of amides is 1. The Morgan fingerprint density at radius 2 is 2.00 bits per heavy atom. The Balaban J connectivity index is 0.000001000. The molecule has 0 unspecified atom stereocenters. The van der Waals surface area contributed by atoms with Gasteiger partial charge >= 0.3 is 51.4 Å². The third-order valence-corrected chi connectivity index (χ3v) is 1.36. The number of nitrogens with one attached hydrogen (secondary N) is 1. The van der Waals surface area contributed by atoms with Crippen LogP contribution in [-0.4, -0.2) is 57.8 Å². The topological polar surface area (TPSA) is 29.1 Å². The van der Waals surface area contributed by atoms with Gasteiger partial charge in [0.1, 0.15) is 0 Å². The Labute approximate surface area is 109 Å². The van der Waals surface area contributed by atoms with Gasteiger partial charge in [-0.25, -0.2) is 0 Å². The molecule has 0 aromatic heterocycles. The molecule has 0 bridgehead atoms. The molecule has 0 saturated carbocycles. The number of aryl methyl sites for hydroxylation is 1. The number of carbonyl (C=O) groups excluding carboxylic acids is 1. The third kappa shape index (κ3) is 3.49. The molecular formula is C8H10KNO. The van der Waals surface area contributed by atoms with Crippen molar-refractivity contribution in [1.82, 2.24) is 0 Å². The zero-order valence-corrected chi connectivity index (χ0v) is 5.79. The molecule has 1 amide bonds. The van der Waals surface area contributed by atoms with Gasteiger partial charge in [0.2, 0.25) is 6.41 Å². The summed E-state index contributed by atoms with van der Waals surface area (Å²) in [5, 5.41) is 2.60. The first-order valence-electron chi connectivity index (χ1n) is 3.10. The van der Waals surface area contributed by atoms with Crippen molar-refractivity contribution in [2.45, 2.75) is 6.92 Å². The van der Waals surface area contributed by atoms with Crippen LogP contribution in [0.3, 0.4) is 0 Å². The molecule has 0 heterocycles. The number of anilines is 1. The van der Waals surface area contributed by atoms with Crippen LogP contribution in [0.2, 0.25) is 0 Å². The van der Waals surface area contributed by atoms with Crippen molar-refractivity contribution in [1.29, 1.82) is 0 Å². The normalized spacial score (nSPS) is 8.09. The van der Waals surface area contributed by atoms with Crippen LogP contribution in [0.25, 0.3) is 0 Å². The van der Waals surface area contributed by atoms with Crippen molar-refractivity contribution in [3.8, 4) is 0 Å². The molecule has 1 N–H and O–H groups in total. The van der Waals surface area contributed by atoms with Crippen LogP contribution in [0.5, 0.6) is 0 Å². The van der Waals surface area contributed by atoms with Gasteiger partial charge in [0.15, 0.2) is 0 Å². The summed E-state index contributed by atoms with van der Waals surface area (Å²) in [5.41, 5.74) is 1.95. The molecule has 0 radical (unpaired) electrons. The van der Waals surface area contributed by atoms with Gasteiger partial charge in [-0.1, -0.05) is 18.2 Å². The predicted molar refractivity (Wildman–Crippen MR) is 48.0 cm³/mol. The van der Waals surface area contributed by atoms with E-state index in [9.17, 15) is 4.79 Å². The minimum atomic E-state index is 0. The molecule has 0 saturated heterocycles. The molecule has 0 aliphatic rings. The first-order valence-corrected chi connectivity index (χ1v) is 3.10. The minimum absolute atomic E-state index is 0. The Morgan fingerprint density at radius 3 is 2.55 bits per heavy atom. The Morgan fingerprint density at radius 1 is 1.36 bits per heavy atom. The summed E-state index contributed by atoms with van der Waals surface area (Å²) in [6, 6.07) is 7.64. The van der Waals surface area contributed by atoms with Crippen molar-refractivity contribution >= 4 is 63.5 Å². The van der Waals surface area contributed by atoms with Crippen molar-refractivity contribution in [2.75, 3.05) is 5.32 Å². The van der Waals surface area contributed by atoms with Gasteiger partial charge in [0.25, 0.3) is 0 Å².